The van der Waals surface area contributed by atoms with E-state index in [0.29, 0.717) is 37.7 Å². The van der Waals surface area contributed by atoms with Crippen LogP contribution in [-0.4, -0.2) is 18.2 Å². The quantitative estimate of drug-likeness (QED) is 0.537. The van der Waals surface area contributed by atoms with Crippen molar-refractivity contribution in [3.63, 3.8) is 0 Å². The van der Waals surface area contributed by atoms with Crippen LogP contribution in [0.25, 0.3) is 6.08 Å². The van der Waals surface area contributed by atoms with Crippen LogP contribution in [0, 0.1) is 0 Å². The average molecular weight is 388 g/mol. The molecular formula is C17H13Cl3O4. The zero-order chi connectivity index (χ0) is 17.7. The summed E-state index contributed by atoms with van der Waals surface area (Å²) in [6, 6.07) is 8.29. The highest BCUT2D eigenvalue weighted by atomic mass is 35.5. The summed E-state index contributed by atoms with van der Waals surface area (Å²) in [7, 11) is 1.51. The smallest absolute Gasteiger partial charge is 0.328 e. The van der Waals surface area contributed by atoms with E-state index < -0.39 is 5.97 Å². The molecule has 0 spiro atoms. The van der Waals surface area contributed by atoms with Crippen LogP contribution in [0.1, 0.15) is 11.1 Å². The van der Waals surface area contributed by atoms with Gasteiger partial charge in [-0.05, 0) is 35.9 Å². The van der Waals surface area contributed by atoms with Gasteiger partial charge < -0.3 is 14.6 Å². The van der Waals surface area contributed by atoms with Crippen molar-refractivity contribution in [1.82, 2.24) is 0 Å². The fourth-order valence-corrected chi connectivity index (χ4v) is 2.59. The van der Waals surface area contributed by atoms with Crippen LogP contribution in [0.4, 0.5) is 0 Å². The molecule has 1 N–H and O–H groups in total. The van der Waals surface area contributed by atoms with E-state index in [0.717, 1.165) is 6.08 Å². The maximum atomic E-state index is 10.6. The van der Waals surface area contributed by atoms with Crippen LogP contribution in [0.5, 0.6) is 11.5 Å². The summed E-state index contributed by atoms with van der Waals surface area (Å²) >= 11 is 18.3. The molecule has 0 aromatic heterocycles. The molecule has 0 unspecified atom stereocenters. The number of carbonyl (C=O) groups is 1. The Labute approximate surface area is 154 Å². The number of methoxy groups -OCH3 is 1. The van der Waals surface area contributed by atoms with Crippen LogP contribution in [0.3, 0.4) is 0 Å². The first kappa shape index (κ1) is 18.5. The van der Waals surface area contributed by atoms with Gasteiger partial charge in [-0.3, -0.25) is 0 Å². The largest absolute Gasteiger partial charge is 0.493 e. The van der Waals surface area contributed by atoms with Crippen LogP contribution in [0.2, 0.25) is 15.1 Å². The second-order valence-corrected chi connectivity index (χ2v) is 5.88. The fraction of sp³-hybridized carbons (Fsp3) is 0.118. The molecule has 126 valence electrons. The second-order valence-electron chi connectivity index (χ2n) is 4.69. The van der Waals surface area contributed by atoms with Gasteiger partial charge in [0, 0.05) is 16.7 Å². The van der Waals surface area contributed by atoms with E-state index in [9.17, 15) is 4.79 Å². The monoisotopic (exact) mass is 386 g/mol. The molecule has 0 aliphatic rings. The van der Waals surface area contributed by atoms with Gasteiger partial charge in [-0.25, -0.2) is 4.79 Å². The fourth-order valence-electron chi connectivity index (χ4n) is 1.93. The first-order valence-corrected chi connectivity index (χ1v) is 7.90. The van der Waals surface area contributed by atoms with E-state index in [-0.39, 0.29) is 6.61 Å². The summed E-state index contributed by atoms with van der Waals surface area (Å²) in [6.07, 6.45) is 2.49. The van der Waals surface area contributed by atoms with Gasteiger partial charge >= 0.3 is 5.97 Å². The van der Waals surface area contributed by atoms with Crippen LogP contribution >= 0.6 is 34.8 Å². The van der Waals surface area contributed by atoms with E-state index >= 15 is 0 Å². The van der Waals surface area contributed by atoms with E-state index in [2.05, 4.69) is 0 Å². The number of ether oxygens (including phenoxy) is 2. The topological polar surface area (TPSA) is 55.8 Å². The molecule has 0 saturated carbocycles. The number of rotatable bonds is 6. The minimum Gasteiger partial charge on any atom is -0.493 e. The molecule has 0 atom stereocenters. The standard InChI is InChI=1S/C17H13Cl3O4/c1-23-14-6-2-10(3-7-16(21)22)8-15(14)24-9-11-12(18)4-5-13(19)17(11)20/h2-8H,9H2,1H3,(H,21,22). The van der Waals surface area contributed by atoms with Crippen LogP contribution in [0.15, 0.2) is 36.4 Å². The Hall–Kier alpha value is -1.88. The molecule has 0 amide bonds. The van der Waals surface area contributed by atoms with Crippen molar-refractivity contribution in [1.29, 1.82) is 0 Å². The number of carboxylic acids is 1. The molecule has 4 nitrogen and oxygen atoms in total. The molecule has 0 heterocycles. The summed E-state index contributed by atoms with van der Waals surface area (Å²) in [6.45, 7) is 0.0840. The third kappa shape index (κ3) is 4.57. The van der Waals surface area contributed by atoms with Gasteiger partial charge in [0.1, 0.15) is 6.61 Å². The number of hydrogen-bond donors (Lipinski definition) is 1. The molecule has 24 heavy (non-hydrogen) atoms. The van der Waals surface area contributed by atoms with Gasteiger partial charge in [-0.15, -0.1) is 0 Å². The number of carboxylic acid groups (broad SMARTS) is 1. The molecule has 0 aliphatic heterocycles. The first-order chi connectivity index (χ1) is 11.4. The van der Waals surface area contributed by atoms with Gasteiger partial charge in [0.05, 0.1) is 17.2 Å². The normalized spacial score (nSPS) is 10.8. The summed E-state index contributed by atoms with van der Waals surface area (Å²) in [4.78, 5) is 10.6. The lowest BCUT2D eigenvalue weighted by molar-refractivity contribution is -0.131. The molecule has 0 aliphatic carbocycles. The zero-order valence-electron chi connectivity index (χ0n) is 12.6. The third-order valence-electron chi connectivity index (χ3n) is 3.12. The molecule has 0 bridgehead atoms. The Morgan fingerprint density at radius 1 is 1.12 bits per heavy atom. The highest BCUT2D eigenvalue weighted by molar-refractivity contribution is 6.44. The Balaban J connectivity index is 2.27. The van der Waals surface area contributed by atoms with Gasteiger partial charge in [0.15, 0.2) is 11.5 Å². The number of aliphatic carboxylic acids is 1. The van der Waals surface area contributed by atoms with Crippen molar-refractivity contribution in [2.75, 3.05) is 7.11 Å². The molecule has 7 heteroatoms. The number of halogens is 3. The summed E-state index contributed by atoms with van der Waals surface area (Å²) in [5.74, 6) is -0.111. The molecule has 0 fully saturated rings. The highest BCUT2D eigenvalue weighted by Gasteiger charge is 2.12. The van der Waals surface area contributed by atoms with Gasteiger partial charge in [-0.1, -0.05) is 40.9 Å². The van der Waals surface area contributed by atoms with Crippen molar-refractivity contribution in [3.05, 3.63) is 62.6 Å². The van der Waals surface area contributed by atoms with Gasteiger partial charge in [0.25, 0.3) is 0 Å². The Morgan fingerprint density at radius 3 is 2.50 bits per heavy atom. The molecule has 2 aromatic carbocycles. The Kier molecular flexibility index (Phi) is 6.37. The lowest BCUT2D eigenvalue weighted by Gasteiger charge is -2.13. The minimum atomic E-state index is -1.04. The summed E-state index contributed by atoms with van der Waals surface area (Å²) < 4.78 is 11.0. The zero-order valence-corrected chi connectivity index (χ0v) is 14.8. The van der Waals surface area contributed by atoms with Crippen molar-refractivity contribution in [3.8, 4) is 11.5 Å². The van der Waals surface area contributed by atoms with Crippen LogP contribution in [-0.2, 0) is 11.4 Å². The molecule has 0 saturated heterocycles. The van der Waals surface area contributed by atoms with E-state index in [1.54, 1.807) is 30.3 Å². The maximum Gasteiger partial charge on any atom is 0.328 e. The van der Waals surface area contributed by atoms with Gasteiger partial charge in [-0.2, -0.15) is 0 Å². The van der Waals surface area contributed by atoms with Crippen molar-refractivity contribution < 1.29 is 19.4 Å². The molecule has 2 rings (SSSR count). The van der Waals surface area contributed by atoms with E-state index in [4.69, 9.17) is 49.4 Å². The molecule has 0 radical (unpaired) electrons. The number of hydrogen-bond acceptors (Lipinski definition) is 3. The Bertz CT molecular complexity index is 788. The average Bonchev–Trinajstić information content (AvgIpc) is 2.56. The lowest BCUT2D eigenvalue weighted by atomic mass is 10.2. The lowest BCUT2D eigenvalue weighted by Crippen LogP contribution is -2.00. The van der Waals surface area contributed by atoms with Crippen molar-refractivity contribution >= 4 is 46.8 Å². The van der Waals surface area contributed by atoms with Gasteiger partial charge in [0.2, 0.25) is 0 Å². The van der Waals surface area contributed by atoms with Crippen LogP contribution < -0.4 is 9.47 Å². The highest BCUT2D eigenvalue weighted by Crippen LogP contribution is 2.34. The third-order valence-corrected chi connectivity index (χ3v) is 4.31. The molecule has 2 aromatic rings. The number of benzene rings is 2. The molecular weight excluding hydrogens is 375 g/mol. The van der Waals surface area contributed by atoms with Crippen molar-refractivity contribution in [2.45, 2.75) is 6.61 Å². The first-order valence-electron chi connectivity index (χ1n) is 6.76. The maximum absolute atomic E-state index is 10.6. The van der Waals surface area contributed by atoms with Crippen molar-refractivity contribution in [2.24, 2.45) is 0 Å². The SMILES string of the molecule is COc1ccc(C=CC(=O)O)cc1OCc1c(Cl)ccc(Cl)c1Cl. The summed E-state index contributed by atoms with van der Waals surface area (Å²) in [5.41, 5.74) is 1.20. The predicted octanol–water partition coefficient (Wildman–Crippen LogP) is 5.33. The Morgan fingerprint density at radius 2 is 1.83 bits per heavy atom. The minimum absolute atomic E-state index is 0.0840. The predicted molar refractivity (Wildman–Crippen MR) is 95.5 cm³/mol. The second kappa shape index (κ2) is 8.29. The summed E-state index contributed by atoms with van der Waals surface area (Å²) in [5, 5.41) is 9.84. The van der Waals surface area contributed by atoms with E-state index in [1.807, 2.05) is 0 Å². The van der Waals surface area contributed by atoms with E-state index in [1.165, 1.54) is 13.2 Å².